The largest absolute Gasteiger partial charge is 0.325 e. The lowest BCUT2D eigenvalue weighted by Crippen LogP contribution is -2.54. The molecule has 1 aliphatic rings. The van der Waals surface area contributed by atoms with E-state index in [0.29, 0.717) is 6.54 Å². The van der Waals surface area contributed by atoms with Crippen molar-refractivity contribution in [1.29, 1.82) is 0 Å². The summed E-state index contributed by atoms with van der Waals surface area (Å²) < 4.78 is 0. The third kappa shape index (κ3) is 3.55. The highest BCUT2D eigenvalue weighted by molar-refractivity contribution is 5.95. The van der Waals surface area contributed by atoms with Gasteiger partial charge in [0.25, 0.3) is 0 Å². The molecule has 3 N–H and O–H groups in total. The van der Waals surface area contributed by atoms with Gasteiger partial charge in [0.15, 0.2) is 0 Å². The molecule has 1 heterocycles. The molecule has 2 rings (SSSR count). The molecule has 1 aromatic carbocycles. The lowest BCUT2D eigenvalue weighted by molar-refractivity contribution is -0.118. The van der Waals surface area contributed by atoms with Crippen molar-refractivity contribution in [3.05, 3.63) is 29.8 Å². The number of piperazine rings is 1. The van der Waals surface area contributed by atoms with Gasteiger partial charge in [-0.25, -0.2) is 0 Å². The average molecular weight is 247 g/mol. The predicted molar refractivity (Wildman–Crippen MR) is 73.7 cm³/mol. The highest BCUT2D eigenvalue weighted by Gasteiger charge is 2.19. The summed E-state index contributed by atoms with van der Waals surface area (Å²) >= 11 is 0. The molecule has 1 aromatic rings. The Morgan fingerprint density at radius 3 is 2.72 bits per heavy atom. The molecule has 98 valence electrons. The summed E-state index contributed by atoms with van der Waals surface area (Å²) in [6.45, 7) is 4.63. The molecule has 1 saturated heterocycles. The molecule has 4 heteroatoms. The minimum atomic E-state index is -0.130. The van der Waals surface area contributed by atoms with Crippen molar-refractivity contribution in [3.63, 3.8) is 0 Å². The van der Waals surface area contributed by atoms with Crippen LogP contribution >= 0.6 is 0 Å². The maximum atomic E-state index is 12.0. The summed E-state index contributed by atoms with van der Waals surface area (Å²) in [4.78, 5) is 12.0. The van der Waals surface area contributed by atoms with E-state index in [2.05, 4.69) is 35.0 Å². The minimum absolute atomic E-state index is 0.0328. The number of hydrogen-bond donors (Lipinski definition) is 3. The van der Waals surface area contributed by atoms with Crippen LogP contribution in [0.15, 0.2) is 24.3 Å². The first-order valence-corrected chi connectivity index (χ1v) is 6.63. The van der Waals surface area contributed by atoms with E-state index in [1.165, 1.54) is 5.56 Å². The number of aryl methyl sites for hydroxylation is 1. The average Bonchev–Trinajstić information content (AvgIpc) is 2.42. The van der Waals surface area contributed by atoms with Gasteiger partial charge in [-0.05, 0) is 24.1 Å². The van der Waals surface area contributed by atoms with Crippen molar-refractivity contribution < 1.29 is 4.79 Å². The Morgan fingerprint density at radius 2 is 2.11 bits per heavy atom. The Balaban J connectivity index is 1.89. The van der Waals surface area contributed by atoms with Crippen LogP contribution in [0.1, 0.15) is 18.9 Å². The first-order chi connectivity index (χ1) is 8.79. The standard InChI is InChI=1S/C14H21N3O/c1-2-3-11-4-6-12(7-5-11)17-14(18)13-10-15-8-9-16-13/h4-7,13,15-16H,2-3,8-10H2,1H3,(H,17,18). The summed E-state index contributed by atoms with van der Waals surface area (Å²) in [6, 6.07) is 7.96. The number of amides is 1. The van der Waals surface area contributed by atoms with Crippen molar-refractivity contribution >= 4 is 11.6 Å². The Morgan fingerprint density at radius 1 is 1.33 bits per heavy atom. The summed E-state index contributed by atoms with van der Waals surface area (Å²) in [5.41, 5.74) is 2.18. The van der Waals surface area contributed by atoms with Crippen LogP contribution in [-0.2, 0) is 11.2 Å². The molecule has 4 nitrogen and oxygen atoms in total. The normalized spacial score (nSPS) is 19.5. The molecular weight excluding hydrogens is 226 g/mol. The number of anilines is 1. The van der Waals surface area contributed by atoms with Gasteiger partial charge in [-0.15, -0.1) is 0 Å². The first-order valence-electron chi connectivity index (χ1n) is 6.63. The van der Waals surface area contributed by atoms with Crippen LogP contribution in [0.5, 0.6) is 0 Å². The van der Waals surface area contributed by atoms with Crippen molar-refractivity contribution in [3.8, 4) is 0 Å². The molecule has 18 heavy (non-hydrogen) atoms. The monoisotopic (exact) mass is 247 g/mol. The fourth-order valence-electron chi connectivity index (χ4n) is 2.11. The van der Waals surface area contributed by atoms with Crippen LogP contribution < -0.4 is 16.0 Å². The minimum Gasteiger partial charge on any atom is -0.325 e. The Hall–Kier alpha value is -1.39. The van der Waals surface area contributed by atoms with Crippen LogP contribution in [0.2, 0.25) is 0 Å². The van der Waals surface area contributed by atoms with Gasteiger partial charge in [0.05, 0.1) is 6.04 Å². The molecule has 0 bridgehead atoms. The number of nitrogens with one attached hydrogen (secondary N) is 3. The van der Waals surface area contributed by atoms with E-state index in [1.807, 2.05) is 12.1 Å². The molecule has 1 atom stereocenters. The SMILES string of the molecule is CCCc1ccc(NC(=O)C2CNCCN2)cc1. The van der Waals surface area contributed by atoms with Gasteiger partial charge in [-0.2, -0.15) is 0 Å². The van der Waals surface area contributed by atoms with E-state index in [1.54, 1.807) is 0 Å². The summed E-state index contributed by atoms with van der Waals surface area (Å²) in [6.07, 6.45) is 2.23. The van der Waals surface area contributed by atoms with Crippen LogP contribution in [0, 0.1) is 0 Å². The maximum Gasteiger partial charge on any atom is 0.242 e. The quantitative estimate of drug-likeness (QED) is 0.748. The van der Waals surface area contributed by atoms with E-state index in [9.17, 15) is 4.79 Å². The van der Waals surface area contributed by atoms with E-state index in [-0.39, 0.29) is 11.9 Å². The zero-order chi connectivity index (χ0) is 12.8. The molecule has 0 saturated carbocycles. The summed E-state index contributed by atoms with van der Waals surface area (Å²) in [5.74, 6) is 0.0328. The second-order valence-electron chi connectivity index (χ2n) is 4.65. The van der Waals surface area contributed by atoms with Gasteiger partial charge in [0.1, 0.15) is 0 Å². The first kappa shape index (κ1) is 13.1. The van der Waals surface area contributed by atoms with Crippen molar-refractivity contribution in [2.75, 3.05) is 25.0 Å². The van der Waals surface area contributed by atoms with Gasteiger partial charge in [0, 0.05) is 25.3 Å². The molecule has 0 aliphatic carbocycles. The second-order valence-corrected chi connectivity index (χ2v) is 4.65. The molecule has 1 amide bonds. The van der Waals surface area contributed by atoms with Gasteiger partial charge in [-0.3, -0.25) is 4.79 Å². The molecule has 0 spiro atoms. The fourth-order valence-corrected chi connectivity index (χ4v) is 2.11. The Kier molecular flexibility index (Phi) is 4.73. The highest BCUT2D eigenvalue weighted by Crippen LogP contribution is 2.11. The van der Waals surface area contributed by atoms with Gasteiger partial charge < -0.3 is 16.0 Å². The van der Waals surface area contributed by atoms with Gasteiger partial charge in [0.2, 0.25) is 5.91 Å². The topological polar surface area (TPSA) is 53.2 Å². The molecular formula is C14H21N3O. The van der Waals surface area contributed by atoms with Crippen LogP contribution in [0.3, 0.4) is 0 Å². The van der Waals surface area contributed by atoms with E-state index in [4.69, 9.17) is 0 Å². The Bertz CT molecular complexity index is 383. The zero-order valence-corrected chi connectivity index (χ0v) is 10.8. The van der Waals surface area contributed by atoms with Crippen LogP contribution in [-0.4, -0.2) is 31.6 Å². The second kappa shape index (κ2) is 6.52. The molecule has 0 radical (unpaired) electrons. The van der Waals surface area contributed by atoms with E-state index >= 15 is 0 Å². The molecule has 0 aromatic heterocycles. The van der Waals surface area contributed by atoms with Crippen molar-refractivity contribution in [1.82, 2.24) is 10.6 Å². The van der Waals surface area contributed by atoms with Gasteiger partial charge >= 0.3 is 0 Å². The summed E-state index contributed by atoms with van der Waals surface area (Å²) in [7, 11) is 0. The number of carbonyl (C=O) groups is 1. The number of benzene rings is 1. The maximum absolute atomic E-state index is 12.0. The lowest BCUT2D eigenvalue weighted by atomic mass is 10.1. The zero-order valence-electron chi connectivity index (χ0n) is 10.8. The molecule has 1 aliphatic heterocycles. The number of carbonyl (C=O) groups excluding carboxylic acids is 1. The lowest BCUT2D eigenvalue weighted by Gasteiger charge is -2.23. The predicted octanol–water partition coefficient (Wildman–Crippen LogP) is 1.14. The highest BCUT2D eigenvalue weighted by atomic mass is 16.2. The summed E-state index contributed by atoms with van der Waals surface area (Å²) in [5, 5.41) is 9.34. The van der Waals surface area contributed by atoms with E-state index < -0.39 is 0 Å². The third-order valence-corrected chi connectivity index (χ3v) is 3.12. The van der Waals surface area contributed by atoms with Crippen LogP contribution in [0.4, 0.5) is 5.69 Å². The Labute approximate surface area is 108 Å². The van der Waals surface area contributed by atoms with Crippen molar-refractivity contribution in [2.45, 2.75) is 25.8 Å². The molecule has 1 fully saturated rings. The van der Waals surface area contributed by atoms with Crippen molar-refractivity contribution in [2.24, 2.45) is 0 Å². The smallest absolute Gasteiger partial charge is 0.242 e. The fraction of sp³-hybridized carbons (Fsp3) is 0.500. The van der Waals surface area contributed by atoms with Crippen LogP contribution in [0.25, 0.3) is 0 Å². The third-order valence-electron chi connectivity index (χ3n) is 3.12. The van der Waals surface area contributed by atoms with Gasteiger partial charge in [-0.1, -0.05) is 25.5 Å². The number of rotatable bonds is 4. The number of hydrogen-bond acceptors (Lipinski definition) is 3. The molecule has 1 unspecified atom stereocenters. The van der Waals surface area contributed by atoms with E-state index in [0.717, 1.165) is 31.6 Å².